The molecule has 0 aliphatic rings. The van der Waals surface area contributed by atoms with Crippen LogP contribution in [0.15, 0.2) is 52.4 Å². The zero-order valence-electron chi connectivity index (χ0n) is 15.3. The molecule has 0 amide bonds. The van der Waals surface area contributed by atoms with E-state index in [1.54, 1.807) is 37.4 Å². The third kappa shape index (κ3) is 5.84. The van der Waals surface area contributed by atoms with Crippen molar-refractivity contribution in [2.24, 2.45) is 4.99 Å². The van der Waals surface area contributed by atoms with Crippen molar-refractivity contribution in [3.63, 3.8) is 0 Å². The summed E-state index contributed by atoms with van der Waals surface area (Å²) in [5, 5.41) is 4.29. The Hall–Kier alpha value is -1.80. The zero-order chi connectivity index (χ0) is 20.0. The molecule has 6 nitrogen and oxygen atoms in total. The minimum Gasteiger partial charge on any atom is -0.352 e. The number of hydrogen-bond donors (Lipinski definition) is 2. The lowest BCUT2D eigenvalue weighted by molar-refractivity contribution is 0.476. The van der Waals surface area contributed by atoms with E-state index < -0.39 is 10.0 Å². The second-order valence-corrected chi connectivity index (χ2v) is 8.56. The Balaban J connectivity index is 1.99. The molecule has 27 heavy (non-hydrogen) atoms. The maximum Gasteiger partial charge on any atom is 0.240 e. The van der Waals surface area contributed by atoms with Crippen molar-refractivity contribution < 1.29 is 8.42 Å². The third-order valence-electron chi connectivity index (χ3n) is 3.93. The molecule has 146 valence electrons. The largest absolute Gasteiger partial charge is 0.352 e. The molecule has 2 rings (SSSR count). The van der Waals surface area contributed by atoms with Crippen molar-refractivity contribution in [2.75, 3.05) is 21.1 Å². The van der Waals surface area contributed by atoms with Crippen LogP contribution in [0, 0.1) is 0 Å². The number of benzene rings is 2. The molecule has 0 aliphatic carbocycles. The van der Waals surface area contributed by atoms with Gasteiger partial charge in [-0.25, -0.2) is 13.1 Å². The van der Waals surface area contributed by atoms with Crippen molar-refractivity contribution in [3.05, 3.63) is 63.6 Å². The van der Waals surface area contributed by atoms with Crippen molar-refractivity contribution in [2.45, 2.75) is 18.0 Å². The van der Waals surface area contributed by atoms with Gasteiger partial charge in [0.25, 0.3) is 0 Å². The van der Waals surface area contributed by atoms with Gasteiger partial charge in [0.1, 0.15) is 0 Å². The first-order valence-electron chi connectivity index (χ1n) is 8.15. The van der Waals surface area contributed by atoms with E-state index in [4.69, 9.17) is 23.2 Å². The second kappa shape index (κ2) is 9.41. The summed E-state index contributed by atoms with van der Waals surface area (Å²) in [5.74, 6) is 0.702. The van der Waals surface area contributed by atoms with Gasteiger partial charge in [-0.05, 0) is 42.4 Å². The summed E-state index contributed by atoms with van der Waals surface area (Å²) < 4.78 is 25.8. The average molecular weight is 429 g/mol. The van der Waals surface area contributed by atoms with Crippen molar-refractivity contribution in [1.29, 1.82) is 0 Å². The van der Waals surface area contributed by atoms with Gasteiger partial charge < -0.3 is 10.2 Å². The van der Waals surface area contributed by atoms with Gasteiger partial charge in [-0.1, -0.05) is 41.4 Å². The molecule has 0 bridgehead atoms. The molecule has 2 aromatic rings. The van der Waals surface area contributed by atoms with Gasteiger partial charge in [0.15, 0.2) is 5.96 Å². The van der Waals surface area contributed by atoms with Crippen LogP contribution >= 0.6 is 23.2 Å². The van der Waals surface area contributed by atoms with Gasteiger partial charge in [-0.2, -0.15) is 0 Å². The molecular weight excluding hydrogens is 407 g/mol. The van der Waals surface area contributed by atoms with Crippen LogP contribution in [-0.4, -0.2) is 40.4 Å². The number of sulfonamides is 1. The summed E-state index contributed by atoms with van der Waals surface area (Å²) in [6, 6.07) is 12.2. The summed E-state index contributed by atoms with van der Waals surface area (Å²) in [6.07, 6.45) is 0. The third-order valence-corrected chi connectivity index (χ3v) is 6.10. The SMILES string of the molecule is CN=C(NCc1ccc(S(=O)(=O)NC)cc1)N(C)Cc1ccc(Cl)c(Cl)c1. The van der Waals surface area contributed by atoms with Crippen LogP contribution in [0.3, 0.4) is 0 Å². The lowest BCUT2D eigenvalue weighted by Crippen LogP contribution is -2.38. The molecule has 0 aliphatic heterocycles. The molecule has 0 atom stereocenters. The van der Waals surface area contributed by atoms with Crippen LogP contribution < -0.4 is 10.0 Å². The molecule has 0 fully saturated rings. The topological polar surface area (TPSA) is 73.8 Å². The van der Waals surface area contributed by atoms with E-state index in [1.807, 2.05) is 24.1 Å². The number of nitrogens with one attached hydrogen (secondary N) is 2. The molecule has 0 unspecified atom stereocenters. The van der Waals surface area contributed by atoms with Gasteiger partial charge in [0, 0.05) is 27.2 Å². The van der Waals surface area contributed by atoms with Crippen molar-refractivity contribution in [3.8, 4) is 0 Å². The predicted octanol–water partition coefficient (Wildman–Crippen LogP) is 3.11. The summed E-state index contributed by atoms with van der Waals surface area (Å²) >= 11 is 12.0. The fourth-order valence-corrected chi connectivity index (χ4v) is 3.51. The van der Waals surface area contributed by atoms with Gasteiger partial charge >= 0.3 is 0 Å². The fraction of sp³-hybridized carbons (Fsp3) is 0.278. The molecule has 9 heteroatoms. The van der Waals surface area contributed by atoms with Crippen LogP contribution in [0.5, 0.6) is 0 Å². The molecule has 2 N–H and O–H groups in total. The predicted molar refractivity (Wildman–Crippen MR) is 111 cm³/mol. The van der Waals surface area contributed by atoms with E-state index >= 15 is 0 Å². The van der Waals surface area contributed by atoms with Gasteiger partial charge in [-0.15, -0.1) is 0 Å². The fourth-order valence-electron chi connectivity index (χ4n) is 2.46. The monoisotopic (exact) mass is 428 g/mol. The van der Waals surface area contributed by atoms with E-state index in [2.05, 4.69) is 15.0 Å². The average Bonchev–Trinajstić information content (AvgIpc) is 2.65. The van der Waals surface area contributed by atoms with Gasteiger partial charge in [0.2, 0.25) is 10.0 Å². The lowest BCUT2D eigenvalue weighted by Gasteiger charge is -2.22. The lowest BCUT2D eigenvalue weighted by atomic mass is 10.2. The zero-order valence-corrected chi connectivity index (χ0v) is 17.7. The summed E-state index contributed by atoms with van der Waals surface area (Å²) in [5.41, 5.74) is 1.95. The smallest absolute Gasteiger partial charge is 0.240 e. The maximum absolute atomic E-state index is 11.8. The highest BCUT2D eigenvalue weighted by Crippen LogP contribution is 2.23. The number of nitrogens with zero attached hydrogens (tertiary/aromatic N) is 2. The molecule has 0 heterocycles. The minimum absolute atomic E-state index is 0.231. The van der Waals surface area contributed by atoms with E-state index in [-0.39, 0.29) is 4.90 Å². The standard InChI is InChI=1S/C18H22Cl2N4O2S/c1-21-18(24(3)12-14-6-9-16(19)17(20)10-14)23-11-13-4-7-15(8-5-13)27(25,26)22-2/h4-10,22H,11-12H2,1-3H3,(H,21,23). The summed E-state index contributed by atoms with van der Waals surface area (Å²) in [7, 11) is 1.58. The normalized spacial score (nSPS) is 12.1. The Morgan fingerprint density at radius 3 is 2.26 bits per heavy atom. The quantitative estimate of drug-likeness (QED) is 0.547. The summed E-state index contributed by atoms with van der Waals surface area (Å²) in [6.45, 7) is 1.12. The van der Waals surface area contributed by atoms with Crippen LogP contribution in [0.4, 0.5) is 0 Å². The van der Waals surface area contributed by atoms with E-state index in [0.29, 0.717) is 29.1 Å². The Morgan fingerprint density at radius 2 is 1.70 bits per heavy atom. The molecule has 0 aromatic heterocycles. The Labute approximate surface area is 170 Å². The van der Waals surface area contributed by atoms with Crippen LogP contribution in [0.1, 0.15) is 11.1 Å². The first kappa shape index (κ1) is 21.5. The molecular formula is C18H22Cl2N4O2S. The number of aliphatic imine (C=N–C) groups is 1. The Morgan fingerprint density at radius 1 is 1.07 bits per heavy atom. The highest BCUT2D eigenvalue weighted by atomic mass is 35.5. The minimum atomic E-state index is -3.43. The Bertz CT molecular complexity index is 915. The van der Waals surface area contributed by atoms with Gasteiger partial charge in [0.05, 0.1) is 14.9 Å². The first-order valence-corrected chi connectivity index (χ1v) is 10.4. The van der Waals surface area contributed by atoms with E-state index in [1.165, 1.54) is 7.05 Å². The van der Waals surface area contributed by atoms with Crippen molar-refractivity contribution >= 4 is 39.2 Å². The Kier molecular flexibility index (Phi) is 7.49. The molecule has 0 saturated carbocycles. The molecule has 0 saturated heterocycles. The van der Waals surface area contributed by atoms with Crippen molar-refractivity contribution in [1.82, 2.24) is 14.9 Å². The van der Waals surface area contributed by atoms with Crippen LogP contribution in [0.2, 0.25) is 10.0 Å². The van der Waals surface area contributed by atoms with E-state index in [9.17, 15) is 8.42 Å². The number of rotatable bonds is 6. The highest BCUT2D eigenvalue weighted by molar-refractivity contribution is 7.89. The van der Waals surface area contributed by atoms with Crippen LogP contribution in [-0.2, 0) is 23.1 Å². The number of guanidine groups is 1. The van der Waals surface area contributed by atoms with Gasteiger partial charge in [-0.3, -0.25) is 4.99 Å². The van der Waals surface area contributed by atoms with E-state index in [0.717, 1.165) is 11.1 Å². The molecule has 0 spiro atoms. The second-order valence-electron chi connectivity index (χ2n) is 5.86. The number of halogens is 2. The first-order chi connectivity index (χ1) is 12.8. The maximum atomic E-state index is 11.8. The highest BCUT2D eigenvalue weighted by Gasteiger charge is 2.11. The molecule has 2 aromatic carbocycles. The summed E-state index contributed by atoms with van der Waals surface area (Å²) in [4.78, 5) is 6.46. The number of hydrogen-bond acceptors (Lipinski definition) is 3. The molecule has 0 radical (unpaired) electrons. The van der Waals surface area contributed by atoms with Crippen LogP contribution in [0.25, 0.3) is 0 Å².